The zero-order chi connectivity index (χ0) is 12.8. The molecule has 0 bridgehead atoms. The summed E-state index contributed by atoms with van der Waals surface area (Å²) in [6.07, 6.45) is 1.64. The molecule has 16 heavy (non-hydrogen) atoms. The largest absolute Gasteiger partial charge is 0.481 e. The molecule has 0 amide bonds. The maximum absolute atomic E-state index is 11.8. The van der Waals surface area contributed by atoms with E-state index in [0.29, 0.717) is 6.42 Å². The van der Waals surface area contributed by atoms with Gasteiger partial charge in [-0.15, -0.1) is 6.58 Å². The van der Waals surface area contributed by atoms with E-state index < -0.39 is 16.0 Å². The van der Waals surface area contributed by atoms with Gasteiger partial charge in [0.05, 0.1) is 5.75 Å². The van der Waals surface area contributed by atoms with Crippen molar-refractivity contribution in [3.05, 3.63) is 12.7 Å². The van der Waals surface area contributed by atoms with Gasteiger partial charge >= 0.3 is 5.97 Å². The topological polar surface area (TPSA) is 74.7 Å². The van der Waals surface area contributed by atoms with Crippen LogP contribution in [0.3, 0.4) is 0 Å². The van der Waals surface area contributed by atoms with E-state index in [1.165, 1.54) is 10.4 Å². The van der Waals surface area contributed by atoms with Crippen LogP contribution in [0, 0.1) is 0 Å². The molecule has 0 unspecified atom stereocenters. The van der Waals surface area contributed by atoms with E-state index in [1.807, 2.05) is 0 Å². The predicted octanol–water partition coefficient (Wildman–Crippen LogP) is 1.08. The molecule has 0 saturated carbocycles. The van der Waals surface area contributed by atoms with Crippen molar-refractivity contribution in [2.75, 3.05) is 12.3 Å². The highest BCUT2D eigenvalue weighted by atomic mass is 32.2. The lowest BCUT2D eigenvalue weighted by Gasteiger charge is -2.25. The van der Waals surface area contributed by atoms with Gasteiger partial charge in [-0.1, -0.05) is 6.08 Å². The molecule has 1 N–H and O–H groups in total. The molecule has 5 nitrogen and oxygen atoms in total. The second-order valence-corrected chi connectivity index (χ2v) is 5.74. The van der Waals surface area contributed by atoms with Crippen molar-refractivity contribution >= 4 is 16.0 Å². The van der Waals surface area contributed by atoms with Crippen LogP contribution < -0.4 is 0 Å². The van der Waals surface area contributed by atoms with Crippen LogP contribution in [0.25, 0.3) is 0 Å². The number of nitrogens with zero attached hydrogens (tertiary/aromatic N) is 1. The zero-order valence-corrected chi connectivity index (χ0v) is 10.5. The van der Waals surface area contributed by atoms with Crippen LogP contribution in [0.15, 0.2) is 12.7 Å². The second kappa shape index (κ2) is 6.65. The quantitative estimate of drug-likeness (QED) is 0.653. The minimum absolute atomic E-state index is 0.0210. The van der Waals surface area contributed by atoms with Gasteiger partial charge in [-0.05, 0) is 20.3 Å². The average molecular weight is 249 g/mol. The molecule has 0 saturated heterocycles. The molecule has 0 aromatic rings. The van der Waals surface area contributed by atoms with Crippen molar-refractivity contribution in [2.45, 2.75) is 32.7 Å². The first-order valence-corrected chi connectivity index (χ1v) is 6.74. The summed E-state index contributed by atoms with van der Waals surface area (Å²) in [5.41, 5.74) is 0. The summed E-state index contributed by atoms with van der Waals surface area (Å²) in [6.45, 7) is 7.16. The van der Waals surface area contributed by atoms with Gasteiger partial charge in [-0.25, -0.2) is 8.42 Å². The van der Waals surface area contributed by atoms with Crippen LogP contribution >= 0.6 is 0 Å². The summed E-state index contributed by atoms with van der Waals surface area (Å²) in [5, 5.41) is 8.49. The summed E-state index contributed by atoms with van der Waals surface area (Å²) in [4.78, 5) is 10.3. The van der Waals surface area contributed by atoms with Gasteiger partial charge in [0, 0.05) is 19.0 Å². The maximum Gasteiger partial charge on any atom is 0.303 e. The SMILES string of the molecule is C=CCS(=O)(=O)N(CCCC(=O)O)C(C)C. The third-order valence-corrected chi connectivity index (χ3v) is 4.01. The van der Waals surface area contributed by atoms with E-state index in [0.717, 1.165) is 0 Å². The lowest BCUT2D eigenvalue weighted by atomic mass is 10.3. The van der Waals surface area contributed by atoms with Gasteiger partial charge < -0.3 is 5.11 Å². The third kappa shape index (κ3) is 5.27. The molecule has 0 aliphatic heterocycles. The van der Waals surface area contributed by atoms with E-state index in [2.05, 4.69) is 6.58 Å². The van der Waals surface area contributed by atoms with Crippen LogP contribution in [0.1, 0.15) is 26.7 Å². The number of hydrogen-bond donors (Lipinski definition) is 1. The fourth-order valence-corrected chi connectivity index (χ4v) is 2.89. The number of carboxylic acid groups (broad SMARTS) is 1. The fourth-order valence-electron chi connectivity index (χ4n) is 1.35. The van der Waals surface area contributed by atoms with Gasteiger partial charge in [0.1, 0.15) is 0 Å². The van der Waals surface area contributed by atoms with Crippen LogP contribution in [0.4, 0.5) is 0 Å². The number of sulfonamides is 1. The summed E-state index contributed by atoms with van der Waals surface area (Å²) in [7, 11) is -3.35. The van der Waals surface area contributed by atoms with Crippen LogP contribution in [-0.4, -0.2) is 42.1 Å². The molecule has 6 heteroatoms. The molecule has 0 radical (unpaired) electrons. The minimum Gasteiger partial charge on any atom is -0.481 e. The number of hydrogen-bond acceptors (Lipinski definition) is 3. The normalized spacial score (nSPS) is 12.0. The van der Waals surface area contributed by atoms with Crippen molar-refractivity contribution in [2.24, 2.45) is 0 Å². The highest BCUT2D eigenvalue weighted by Crippen LogP contribution is 2.09. The number of rotatable bonds is 8. The molecule has 0 aromatic heterocycles. The van der Waals surface area contributed by atoms with Crippen molar-refractivity contribution in [3.8, 4) is 0 Å². The number of carbonyl (C=O) groups is 1. The molecular weight excluding hydrogens is 230 g/mol. The molecule has 94 valence electrons. The molecule has 0 aliphatic carbocycles. The molecule has 0 fully saturated rings. The van der Waals surface area contributed by atoms with Gasteiger partial charge in [-0.2, -0.15) is 4.31 Å². The highest BCUT2D eigenvalue weighted by Gasteiger charge is 2.23. The Morgan fingerprint density at radius 3 is 2.44 bits per heavy atom. The zero-order valence-electron chi connectivity index (χ0n) is 9.72. The van der Waals surface area contributed by atoms with E-state index in [1.54, 1.807) is 13.8 Å². The van der Waals surface area contributed by atoms with Crippen LogP contribution in [0.2, 0.25) is 0 Å². The van der Waals surface area contributed by atoms with E-state index in [4.69, 9.17) is 5.11 Å². The van der Waals surface area contributed by atoms with Crippen molar-refractivity contribution in [3.63, 3.8) is 0 Å². The smallest absolute Gasteiger partial charge is 0.303 e. The Hall–Kier alpha value is -0.880. The molecule has 0 aromatic carbocycles. The fraction of sp³-hybridized carbons (Fsp3) is 0.700. The first kappa shape index (κ1) is 15.1. The number of aliphatic carboxylic acids is 1. The average Bonchev–Trinajstić information content (AvgIpc) is 2.10. The van der Waals surface area contributed by atoms with Gasteiger partial charge in [0.15, 0.2) is 0 Å². The van der Waals surface area contributed by atoms with Crippen molar-refractivity contribution in [1.82, 2.24) is 4.31 Å². The monoisotopic (exact) mass is 249 g/mol. The van der Waals surface area contributed by atoms with E-state index in [9.17, 15) is 13.2 Å². The standard InChI is InChI=1S/C10H19NO4S/c1-4-8-16(14,15)11(9(2)3)7-5-6-10(12)13/h4,9H,1,5-8H2,2-3H3,(H,12,13). The molecule has 0 rings (SSSR count). The van der Waals surface area contributed by atoms with Gasteiger partial charge in [-0.3, -0.25) is 4.79 Å². The molecule has 0 aliphatic rings. The minimum atomic E-state index is -3.35. The first-order valence-electron chi connectivity index (χ1n) is 5.13. The Morgan fingerprint density at radius 2 is 2.06 bits per heavy atom. The molecular formula is C10H19NO4S. The van der Waals surface area contributed by atoms with Gasteiger partial charge in [0.25, 0.3) is 0 Å². The van der Waals surface area contributed by atoms with Crippen molar-refractivity contribution in [1.29, 1.82) is 0 Å². The Labute approximate surface area is 96.8 Å². The predicted molar refractivity (Wildman–Crippen MR) is 62.7 cm³/mol. The Bertz CT molecular complexity index is 335. The second-order valence-electron chi connectivity index (χ2n) is 3.77. The summed E-state index contributed by atoms with van der Waals surface area (Å²) >= 11 is 0. The highest BCUT2D eigenvalue weighted by molar-refractivity contribution is 7.89. The van der Waals surface area contributed by atoms with E-state index in [-0.39, 0.29) is 24.8 Å². The Kier molecular flexibility index (Phi) is 6.28. The lowest BCUT2D eigenvalue weighted by molar-refractivity contribution is -0.137. The maximum atomic E-state index is 11.8. The van der Waals surface area contributed by atoms with Crippen molar-refractivity contribution < 1.29 is 18.3 Å². The van der Waals surface area contributed by atoms with Crippen LogP contribution in [-0.2, 0) is 14.8 Å². The summed E-state index contributed by atoms with van der Waals surface area (Å²) < 4.78 is 24.8. The van der Waals surface area contributed by atoms with E-state index >= 15 is 0 Å². The van der Waals surface area contributed by atoms with Crippen LogP contribution in [0.5, 0.6) is 0 Å². The third-order valence-electron chi connectivity index (χ3n) is 2.03. The molecule has 0 heterocycles. The Morgan fingerprint density at radius 1 is 1.50 bits per heavy atom. The first-order chi connectivity index (χ1) is 7.31. The lowest BCUT2D eigenvalue weighted by Crippen LogP contribution is -2.39. The summed E-state index contributed by atoms with van der Waals surface area (Å²) in [6, 6.07) is -0.168. The summed E-state index contributed by atoms with van der Waals surface area (Å²) in [5.74, 6) is -1.03. The van der Waals surface area contributed by atoms with Gasteiger partial charge in [0.2, 0.25) is 10.0 Å². The molecule has 0 spiro atoms. The molecule has 0 atom stereocenters. The number of carboxylic acids is 1. The Balaban J connectivity index is 4.50.